The molecule has 1 amide bonds. The first kappa shape index (κ1) is 17.0. The van der Waals surface area contributed by atoms with Gasteiger partial charge in [0, 0.05) is 16.8 Å². The Morgan fingerprint density at radius 1 is 1.13 bits per heavy atom. The number of carboxylic acid groups (broad SMARTS) is 1. The standard InChI is InChI=1S/C15H12ClNO5S/c1-23(21,22)11-4-2-3-9(7-11)14(18)17-13-8-10(16)5-6-12(13)15(19)20/h2-8H,1H3,(H,17,18)(H,19,20). The van der Waals surface area contributed by atoms with Crippen LogP contribution < -0.4 is 5.32 Å². The van der Waals surface area contributed by atoms with Gasteiger partial charge in [-0.05, 0) is 36.4 Å². The molecule has 0 saturated carbocycles. The molecule has 0 aromatic heterocycles. The molecule has 8 heteroatoms. The Morgan fingerprint density at radius 3 is 2.43 bits per heavy atom. The summed E-state index contributed by atoms with van der Waals surface area (Å²) >= 11 is 5.81. The predicted molar refractivity (Wildman–Crippen MR) is 85.9 cm³/mol. The van der Waals surface area contributed by atoms with E-state index in [9.17, 15) is 18.0 Å². The van der Waals surface area contributed by atoms with Gasteiger partial charge in [-0.1, -0.05) is 17.7 Å². The smallest absolute Gasteiger partial charge is 0.337 e. The van der Waals surface area contributed by atoms with Gasteiger partial charge in [0.2, 0.25) is 0 Å². The van der Waals surface area contributed by atoms with Crippen LogP contribution in [0.25, 0.3) is 0 Å². The van der Waals surface area contributed by atoms with Gasteiger partial charge >= 0.3 is 5.97 Å². The van der Waals surface area contributed by atoms with Crippen molar-refractivity contribution in [3.8, 4) is 0 Å². The molecule has 2 N–H and O–H groups in total. The van der Waals surface area contributed by atoms with Crippen LogP contribution >= 0.6 is 11.6 Å². The van der Waals surface area contributed by atoms with Gasteiger partial charge in [-0.3, -0.25) is 4.79 Å². The summed E-state index contributed by atoms with van der Waals surface area (Å²) in [5.74, 6) is -1.86. The van der Waals surface area contributed by atoms with E-state index in [0.29, 0.717) is 0 Å². The summed E-state index contributed by atoms with van der Waals surface area (Å²) < 4.78 is 23.1. The van der Waals surface area contributed by atoms with Crippen LogP contribution in [-0.4, -0.2) is 31.7 Å². The third-order valence-electron chi connectivity index (χ3n) is 2.98. The van der Waals surface area contributed by atoms with Crippen LogP contribution in [0.5, 0.6) is 0 Å². The molecular formula is C15H12ClNO5S. The Hall–Kier alpha value is -2.38. The fourth-order valence-electron chi connectivity index (χ4n) is 1.87. The molecule has 0 bridgehead atoms. The number of anilines is 1. The Kier molecular flexibility index (Phi) is 4.72. The number of nitrogens with one attached hydrogen (secondary N) is 1. The van der Waals surface area contributed by atoms with Crippen LogP contribution in [0.15, 0.2) is 47.4 Å². The largest absolute Gasteiger partial charge is 0.478 e. The zero-order valence-corrected chi connectivity index (χ0v) is 13.5. The number of sulfone groups is 1. The van der Waals surface area contributed by atoms with E-state index in [-0.39, 0.29) is 26.7 Å². The van der Waals surface area contributed by atoms with E-state index in [1.54, 1.807) is 0 Å². The lowest BCUT2D eigenvalue weighted by Gasteiger charge is -2.09. The number of carboxylic acids is 1. The highest BCUT2D eigenvalue weighted by Gasteiger charge is 2.16. The van der Waals surface area contributed by atoms with Gasteiger partial charge in [0.15, 0.2) is 9.84 Å². The first-order chi connectivity index (χ1) is 10.7. The van der Waals surface area contributed by atoms with Gasteiger partial charge in [-0.15, -0.1) is 0 Å². The molecule has 0 fully saturated rings. The number of carbonyl (C=O) groups is 2. The minimum atomic E-state index is -3.46. The zero-order chi connectivity index (χ0) is 17.2. The number of rotatable bonds is 4. The molecule has 0 aliphatic rings. The molecule has 23 heavy (non-hydrogen) atoms. The second-order valence-corrected chi connectivity index (χ2v) is 7.20. The fourth-order valence-corrected chi connectivity index (χ4v) is 2.71. The number of hydrogen-bond acceptors (Lipinski definition) is 4. The molecule has 0 aliphatic carbocycles. The third kappa shape index (κ3) is 4.08. The van der Waals surface area contributed by atoms with Crippen molar-refractivity contribution >= 4 is 39.0 Å². The van der Waals surface area contributed by atoms with Crippen molar-refractivity contribution in [2.24, 2.45) is 0 Å². The molecule has 0 radical (unpaired) electrons. The SMILES string of the molecule is CS(=O)(=O)c1cccc(C(=O)Nc2cc(Cl)ccc2C(=O)O)c1. The average molecular weight is 354 g/mol. The molecule has 0 spiro atoms. The molecule has 2 rings (SSSR count). The summed E-state index contributed by atoms with van der Waals surface area (Å²) in [4.78, 5) is 23.4. The second-order valence-electron chi connectivity index (χ2n) is 4.75. The van der Waals surface area contributed by atoms with Gasteiger partial charge in [0.05, 0.1) is 16.1 Å². The molecule has 2 aromatic carbocycles. The molecule has 0 saturated heterocycles. The van der Waals surface area contributed by atoms with Crippen LogP contribution in [0.4, 0.5) is 5.69 Å². The van der Waals surface area contributed by atoms with Gasteiger partial charge in [0.25, 0.3) is 5.91 Å². The Bertz CT molecular complexity index is 892. The molecule has 0 unspecified atom stereocenters. The maximum Gasteiger partial charge on any atom is 0.337 e. The van der Waals surface area contributed by atoms with E-state index < -0.39 is 21.7 Å². The molecule has 6 nitrogen and oxygen atoms in total. The van der Waals surface area contributed by atoms with Crippen LogP contribution in [0.2, 0.25) is 5.02 Å². The molecule has 0 atom stereocenters. The lowest BCUT2D eigenvalue weighted by molar-refractivity contribution is 0.0698. The molecule has 0 heterocycles. The van der Waals surface area contributed by atoms with Gasteiger partial charge in [0.1, 0.15) is 0 Å². The third-order valence-corrected chi connectivity index (χ3v) is 4.33. The first-order valence-electron chi connectivity index (χ1n) is 6.33. The quantitative estimate of drug-likeness (QED) is 0.880. The van der Waals surface area contributed by atoms with E-state index in [1.165, 1.54) is 42.5 Å². The van der Waals surface area contributed by atoms with Gasteiger partial charge < -0.3 is 10.4 Å². The Balaban J connectivity index is 2.37. The highest BCUT2D eigenvalue weighted by Crippen LogP contribution is 2.22. The normalized spacial score (nSPS) is 11.0. The number of aromatic carboxylic acids is 1. The first-order valence-corrected chi connectivity index (χ1v) is 8.60. The number of halogens is 1. The van der Waals surface area contributed by atoms with Crippen molar-refractivity contribution in [1.82, 2.24) is 0 Å². The van der Waals surface area contributed by atoms with Gasteiger partial charge in [-0.2, -0.15) is 0 Å². The topological polar surface area (TPSA) is 101 Å². The lowest BCUT2D eigenvalue weighted by Crippen LogP contribution is -2.15. The van der Waals surface area contributed by atoms with Crippen LogP contribution in [0.3, 0.4) is 0 Å². The average Bonchev–Trinajstić information content (AvgIpc) is 2.46. The van der Waals surface area contributed by atoms with E-state index in [0.717, 1.165) is 6.26 Å². The molecule has 120 valence electrons. The highest BCUT2D eigenvalue weighted by atomic mass is 35.5. The van der Waals surface area contributed by atoms with Crippen molar-refractivity contribution in [1.29, 1.82) is 0 Å². The summed E-state index contributed by atoms with van der Waals surface area (Å²) in [5, 5.41) is 11.8. The highest BCUT2D eigenvalue weighted by molar-refractivity contribution is 7.90. The van der Waals surface area contributed by atoms with Crippen LogP contribution in [0.1, 0.15) is 20.7 Å². The number of benzene rings is 2. The van der Waals surface area contributed by atoms with Crippen molar-refractivity contribution in [3.05, 3.63) is 58.6 Å². The van der Waals surface area contributed by atoms with Crippen molar-refractivity contribution in [2.45, 2.75) is 4.90 Å². The monoisotopic (exact) mass is 353 g/mol. The number of amides is 1. The zero-order valence-electron chi connectivity index (χ0n) is 11.9. The van der Waals surface area contributed by atoms with Gasteiger partial charge in [-0.25, -0.2) is 13.2 Å². The number of hydrogen-bond donors (Lipinski definition) is 2. The van der Waals surface area contributed by atoms with Crippen LogP contribution in [-0.2, 0) is 9.84 Å². The van der Waals surface area contributed by atoms with E-state index in [2.05, 4.69) is 5.32 Å². The summed E-state index contributed by atoms with van der Waals surface area (Å²) in [7, 11) is -3.46. The Labute approximate surface area is 137 Å². The van der Waals surface area contributed by atoms with Crippen molar-refractivity contribution in [3.63, 3.8) is 0 Å². The summed E-state index contributed by atoms with van der Waals surface area (Å²) in [5.41, 5.74) is -0.00832. The number of carbonyl (C=O) groups excluding carboxylic acids is 1. The second kappa shape index (κ2) is 6.39. The maximum absolute atomic E-state index is 12.2. The summed E-state index contributed by atoms with van der Waals surface area (Å²) in [6.45, 7) is 0. The Morgan fingerprint density at radius 2 is 1.83 bits per heavy atom. The minimum Gasteiger partial charge on any atom is -0.478 e. The molecule has 2 aromatic rings. The summed E-state index contributed by atoms with van der Waals surface area (Å²) in [6.07, 6.45) is 1.03. The van der Waals surface area contributed by atoms with Crippen molar-refractivity contribution in [2.75, 3.05) is 11.6 Å². The van der Waals surface area contributed by atoms with E-state index >= 15 is 0 Å². The minimum absolute atomic E-state index is 0.00491. The molecular weight excluding hydrogens is 342 g/mol. The van der Waals surface area contributed by atoms with Crippen molar-refractivity contribution < 1.29 is 23.1 Å². The maximum atomic E-state index is 12.2. The van der Waals surface area contributed by atoms with E-state index in [1.807, 2.05) is 0 Å². The lowest BCUT2D eigenvalue weighted by atomic mass is 10.1. The van der Waals surface area contributed by atoms with E-state index in [4.69, 9.17) is 16.7 Å². The molecule has 0 aliphatic heterocycles. The summed E-state index contributed by atoms with van der Waals surface area (Å²) in [6, 6.07) is 9.42. The van der Waals surface area contributed by atoms with Crippen LogP contribution in [0, 0.1) is 0 Å². The predicted octanol–water partition coefficient (Wildman–Crippen LogP) is 2.69. The fraction of sp³-hybridized carbons (Fsp3) is 0.0667.